The maximum atomic E-state index is 12.1. The van der Waals surface area contributed by atoms with Gasteiger partial charge in [-0.25, -0.2) is 4.98 Å². The highest BCUT2D eigenvalue weighted by atomic mass is 16.3. The molecule has 6 nitrogen and oxygen atoms in total. The van der Waals surface area contributed by atoms with Crippen LogP contribution in [0.5, 0.6) is 11.5 Å². The first kappa shape index (κ1) is 14.6. The van der Waals surface area contributed by atoms with Gasteiger partial charge in [0.2, 0.25) is 0 Å². The number of hydrogen-bond donors (Lipinski definition) is 3. The summed E-state index contributed by atoms with van der Waals surface area (Å²) in [6.07, 6.45) is 5.34. The van der Waals surface area contributed by atoms with Crippen molar-refractivity contribution in [2.45, 2.75) is 6.54 Å². The number of phenolic OH excluding ortho intramolecular Hbond substituents is 2. The number of imidazole rings is 1. The number of phenols is 2. The highest BCUT2D eigenvalue weighted by Gasteiger charge is 2.09. The molecule has 0 aliphatic heterocycles. The molecular weight excluding hydrogens is 294 g/mol. The Morgan fingerprint density at radius 3 is 2.39 bits per heavy atom. The van der Waals surface area contributed by atoms with Crippen molar-refractivity contribution < 1.29 is 15.0 Å². The Balaban J connectivity index is 1.69. The van der Waals surface area contributed by atoms with Gasteiger partial charge in [0, 0.05) is 36.3 Å². The van der Waals surface area contributed by atoms with Crippen LogP contribution in [0, 0.1) is 0 Å². The lowest BCUT2D eigenvalue weighted by Crippen LogP contribution is -2.11. The van der Waals surface area contributed by atoms with E-state index >= 15 is 0 Å². The molecule has 3 N–H and O–H groups in total. The Morgan fingerprint density at radius 1 is 1.09 bits per heavy atom. The number of rotatable bonds is 4. The smallest absolute Gasteiger partial charge is 0.255 e. The van der Waals surface area contributed by atoms with Crippen LogP contribution >= 0.6 is 0 Å². The molecule has 0 atom stereocenters. The van der Waals surface area contributed by atoms with Gasteiger partial charge >= 0.3 is 0 Å². The molecule has 6 heteroatoms. The van der Waals surface area contributed by atoms with Gasteiger partial charge in [0.15, 0.2) is 0 Å². The van der Waals surface area contributed by atoms with Gasteiger partial charge in [-0.1, -0.05) is 12.1 Å². The Hall–Kier alpha value is -3.28. The standard InChI is InChI=1S/C17H15N3O3/c21-15-7-13(8-16(22)9-15)17(23)19-14-3-1-12(2-4-14)10-20-6-5-18-11-20/h1-9,11,21-22H,10H2,(H,19,23). The fraction of sp³-hybridized carbons (Fsp3) is 0.0588. The average molecular weight is 309 g/mol. The van der Waals surface area contributed by atoms with Gasteiger partial charge in [-0.2, -0.15) is 0 Å². The SMILES string of the molecule is O=C(Nc1ccc(Cn2ccnc2)cc1)c1cc(O)cc(O)c1. The molecule has 0 unspecified atom stereocenters. The second-order valence-electron chi connectivity index (χ2n) is 5.12. The Labute approximate surface area is 132 Å². The highest BCUT2D eigenvalue weighted by molar-refractivity contribution is 6.04. The molecule has 0 saturated heterocycles. The number of aromatic hydroxyl groups is 2. The van der Waals surface area contributed by atoms with Crippen LogP contribution in [-0.2, 0) is 6.54 Å². The number of hydrogen-bond acceptors (Lipinski definition) is 4. The first-order valence-electron chi connectivity index (χ1n) is 6.99. The molecule has 2 aromatic carbocycles. The first-order valence-corrected chi connectivity index (χ1v) is 6.99. The summed E-state index contributed by atoms with van der Waals surface area (Å²) in [6.45, 7) is 0.703. The Kier molecular flexibility index (Phi) is 3.97. The number of nitrogens with zero attached hydrogens (tertiary/aromatic N) is 2. The summed E-state index contributed by atoms with van der Waals surface area (Å²) in [6, 6.07) is 11.2. The second-order valence-corrected chi connectivity index (χ2v) is 5.12. The van der Waals surface area contributed by atoms with Crippen molar-refractivity contribution in [3.8, 4) is 11.5 Å². The third kappa shape index (κ3) is 3.68. The molecule has 0 fully saturated rings. The van der Waals surface area contributed by atoms with E-state index in [2.05, 4.69) is 10.3 Å². The van der Waals surface area contributed by atoms with Crippen LogP contribution < -0.4 is 5.32 Å². The van der Waals surface area contributed by atoms with E-state index in [9.17, 15) is 15.0 Å². The lowest BCUT2D eigenvalue weighted by Gasteiger charge is -2.08. The van der Waals surface area contributed by atoms with Gasteiger partial charge in [0.05, 0.1) is 6.33 Å². The summed E-state index contributed by atoms with van der Waals surface area (Å²) < 4.78 is 1.95. The minimum absolute atomic E-state index is 0.161. The minimum atomic E-state index is -0.404. The van der Waals surface area contributed by atoms with E-state index in [1.807, 2.05) is 22.9 Å². The second kappa shape index (κ2) is 6.23. The quantitative estimate of drug-likeness (QED) is 0.691. The van der Waals surface area contributed by atoms with Crippen molar-refractivity contribution in [2.24, 2.45) is 0 Å². The maximum Gasteiger partial charge on any atom is 0.255 e. The van der Waals surface area contributed by atoms with Gasteiger partial charge in [0.25, 0.3) is 5.91 Å². The van der Waals surface area contributed by atoms with E-state index in [4.69, 9.17) is 0 Å². The molecule has 0 aliphatic rings. The largest absolute Gasteiger partial charge is 0.508 e. The van der Waals surface area contributed by atoms with E-state index in [1.54, 1.807) is 24.7 Å². The van der Waals surface area contributed by atoms with Gasteiger partial charge in [-0.3, -0.25) is 4.79 Å². The Morgan fingerprint density at radius 2 is 1.78 bits per heavy atom. The normalized spacial score (nSPS) is 10.4. The topological polar surface area (TPSA) is 87.4 Å². The van der Waals surface area contributed by atoms with Crippen LogP contribution in [0.2, 0.25) is 0 Å². The summed E-state index contributed by atoms with van der Waals surface area (Å²) >= 11 is 0. The third-order valence-electron chi connectivity index (χ3n) is 3.30. The number of carbonyl (C=O) groups is 1. The molecule has 3 aromatic rings. The van der Waals surface area contributed by atoms with E-state index in [0.717, 1.165) is 5.56 Å². The minimum Gasteiger partial charge on any atom is -0.508 e. The van der Waals surface area contributed by atoms with Crippen LogP contribution in [0.15, 0.2) is 61.2 Å². The van der Waals surface area contributed by atoms with Crippen molar-refractivity contribution >= 4 is 11.6 Å². The van der Waals surface area contributed by atoms with E-state index in [0.29, 0.717) is 12.2 Å². The number of carbonyl (C=O) groups excluding carboxylic acids is 1. The summed E-state index contributed by atoms with van der Waals surface area (Å²) in [4.78, 5) is 16.1. The van der Waals surface area contributed by atoms with Crippen molar-refractivity contribution in [3.05, 3.63) is 72.3 Å². The summed E-state index contributed by atoms with van der Waals surface area (Å²) in [5.74, 6) is -0.727. The third-order valence-corrected chi connectivity index (χ3v) is 3.30. The zero-order valence-corrected chi connectivity index (χ0v) is 12.2. The number of benzene rings is 2. The zero-order valence-electron chi connectivity index (χ0n) is 12.2. The van der Waals surface area contributed by atoms with Crippen LogP contribution in [-0.4, -0.2) is 25.7 Å². The summed E-state index contributed by atoms with van der Waals surface area (Å²) in [7, 11) is 0. The van der Waals surface area contributed by atoms with Gasteiger partial charge in [-0.05, 0) is 29.8 Å². The lowest BCUT2D eigenvalue weighted by molar-refractivity contribution is 0.102. The average Bonchev–Trinajstić information content (AvgIpc) is 3.01. The highest BCUT2D eigenvalue weighted by Crippen LogP contribution is 2.21. The molecule has 3 rings (SSSR count). The lowest BCUT2D eigenvalue weighted by atomic mass is 10.1. The van der Waals surface area contributed by atoms with Crippen molar-refractivity contribution in [1.82, 2.24) is 9.55 Å². The Bertz CT molecular complexity index is 791. The van der Waals surface area contributed by atoms with Crippen molar-refractivity contribution in [2.75, 3.05) is 5.32 Å². The van der Waals surface area contributed by atoms with E-state index in [1.165, 1.54) is 18.2 Å². The molecule has 116 valence electrons. The molecule has 0 bridgehead atoms. The molecule has 1 heterocycles. The van der Waals surface area contributed by atoms with Crippen LogP contribution in [0.25, 0.3) is 0 Å². The van der Waals surface area contributed by atoms with Crippen molar-refractivity contribution in [3.63, 3.8) is 0 Å². The molecular formula is C17H15N3O3. The fourth-order valence-corrected chi connectivity index (χ4v) is 2.21. The van der Waals surface area contributed by atoms with Crippen LogP contribution in [0.3, 0.4) is 0 Å². The van der Waals surface area contributed by atoms with Crippen molar-refractivity contribution in [1.29, 1.82) is 0 Å². The predicted octanol–water partition coefficient (Wildman–Crippen LogP) is 2.59. The maximum absolute atomic E-state index is 12.1. The van der Waals surface area contributed by atoms with Gasteiger partial charge < -0.3 is 20.1 Å². The van der Waals surface area contributed by atoms with Gasteiger partial charge in [-0.15, -0.1) is 0 Å². The van der Waals surface area contributed by atoms with E-state index in [-0.39, 0.29) is 17.1 Å². The number of nitrogens with one attached hydrogen (secondary N) is 1. The molecule has 0 spiro atoms. The molecule has 1 amide bonds. The molecule has 23 heavy (non-hydrogen) atoms. The van der Waals surface area contributed by atoms with Crippen LogP contribution in [0.1, 0.15) is 15.9 Å². The van der Waals surface area contributed by atoms with Crippen LogP contribution in [0.4, 0.5) is 5.69 Å². The summed E-state index contributed by atoms with van der Waals surface area (Å²) in [5, 5.41) is 21.6. The first-order chi connectivity index (χ1) is 11.1. The monoisotopic (exact) mass is 309 g/mol. The summed E-state index contributed by atoms with van der Waals surface area (Å²) in [5.41, 5.74) is 1.90. The predicted molar refractivity (Wildman–Crippen MR) is 85.5 cm³/mol. The molecule has 1 aromatic heterocycles. The fourth-order valence-electron chi connectivity index (χ4n) is 2.21. The molecule has 0 radical (unpaired) electrons. The number of amides is 1. The van der Waals surface area contributed by atoms with E-state index < -0.39 is 5.91 Å². The van der Waals surface area contributed by atoms with Gasteiger partial charge in [0.1, 0.15) is 11.5 Å². The molecule has 0 aliphatic carbocycles. The number of aromatic nitrogens is 2. The molecule has 0 saturated carbocycles. The zero-order chi connectivity index (χ0) is 16.2. The number of anilines is 1.